The number of piperazine rings is 1. The van der Waals surface area contributed by atoms with Crippen LogP contribution in [0.3, 0.4) is 0 Å². The Bertz CT molecular complexity index is 423. The molecular formula is C13H17F3N2O. The van der Waals surface area contributed by atoms with Crippen molar-refractivity contribution in [2.45, 2.75) is 19.1 Å². The summed E-state index contributed by atoms with van der Waals surface area (Å²) in [5.74, 6) is 0.286. The summed E-state index contributed by atoms with van der Waals surface area (Å²) in [7, 11) is 0. The quantitative estimate of drug-likeness (QED) is 0.916. The van der Waals surface area contributed by atoms with Gasteiger partial charge >= 0.3 is 6.18 Å². The molecule has 19 heavy (non-hydrogen) atoms. The zero-order valence-corrected chi connectivity index (χ0v) is 10.7. The Morgan fingerprint density at radius 2 is 2.11 bits per heavy atom. The zero-order chi connectivity index (χ0) is 13.9. The van der Waals surface area contributed by atoms with Crippen molar-refractivity contribution in [3.63, 3.8) is 0 Å². The molecule has 1 unspecified atom stereocenters. The Balaban J connectivity index is 2.15. The largest absolute Gasteiger partial charge is 0.482 e. The van der Waals surface area contributed by atoms with Crippen molar-refractivity contribution in [2.24, 2.45) is 0 Å². The van der Waals surface area contributed by atoms with Gasteiger partial charge in [-0.05, 0) is 19.1 Å². The molecule has 6 heteroatoms. The second-order valence-corrected chi connectivity index (χ2v) is 4.62. The average Bonchev–Trinajstić information content (AvgIpc) is 2.37. The number of rotatable bonds is 3. The number of nitrogens with one attached hydrogen (secondary N) is 1. The van der Waals surface area contributed by atoms with E-state index in [9.17, 15) is 13.2 Å². The van der Waals surface area contributed by atoms with Gasteiger partial charge in [0.15, 0.2) is 6.61 Å². The Morgan fingerprint density at radius 3 is 2.79 bits per heavy atom. The van der Waals surface area contributed by atoms with E-state index in [4.69, 9.17) is 4.74 Å². The lowest BCUT2D eigenvalue weighted by atomic mass is 10.1. The fourth-order valence-electron chi connectivity index (χ4n) is 2.18. The van der Waals surface area contributed by atoms with E-state index in [1.54, 1.807) is 18.2 Å². The smallest absolute Gasteiger partial charge is 0.422 e. The molecular weight excluding hydrogens is 257 g/mol. The summed E-state index contributed by atoms with van der Waals surface area (Å²) in [6, 6.07) is 7.10. The molecule has 106 valence electrons. The number of para-hydroxylation sites is 2. The molecule has 0 aromatic heterocycles. The van der Waals surface area contributed by atoms with Gasteiger partial charge in [-0.15, -0.1) is 0 Å². The first-order valence-corrected chi connectivity index (χ1v) is 6.23. The van der Waals surface area contributed by atoms with E-state index >= 15 is 0 Å². The van der Waals surface area contributed by atoms with Crippen LogP contribution in [0.5, 0.6) is 5.75 Å². The van der Waals surface area contributed by atoms with Crippen LogP contribution in [0.4, 0.5) is 18.9 Å². The van der Waals surface area contributed by atoms with E-state index in [1.165, 1.54) is 0 Å². The second kappa shape index (κ2) is 5.69. The van der Waals surface area contributed by atoms with Gasteiger partial charge < -0.3 is 15.0 Å². The van der Waals surface area contributed by atoms with Crippen molar-refractivity contribution in [1.82, 2.24) is 5.32 Å². The molecule has 3 nitrogen and oxygen atoms in total. The number of anilines is 1. The lowest BCUT2D eigenvalue weighted by Gasteiger charge is -2.36. The predicted molar refractivity (Wildman–Crippen MR) is 67.7 cm³/mol. The van der Waals surface area contributed by atoms with Crippen LogP contribution in [0.1, 0.15) is 6.92 Å². The molecule has 2 rings (SSSR count). The van der Waals surface area contributed by atoms with Crippen molar-refractivity contribution < 1.29 is 17.9 Å². The van der Waals surface area contributed by atoms with Crippen molar-refractivity contribution in [3.05, 3.63) is 24.3 Å². The Labute approximate surface area is 110 Å². The molecule has 1 N–H and O–H groups in total. The van der Waals surface area contributed by atoms with E-state index in [0.29, 0.717) is 0 Å². The molecule has 0 bridgehead atoms. The minimum Gasteiger partial charge on any atom is -0.482 e. The van der Waals surface area contributed by atoms with Gasteiger partial charge in [-0.25, -0.2) is 0 Å². The fourth-order valence-corrected chi connectivity index (χ4v) is 2.18. The summed E-state index contributed by atoms with van der Waals surface area (Å²) >= 11 is 0. The Hall–Kier alpha value is -1.43. The maximum Gasteiger partial charge on any atom is 0.422 e. The second-order valence-electron chi connectivity index (χ2n) is 4.62. The summed E-state index contributed by atoms with van der Waals surface area (Å²) in [5, 5.41) is 3.25. The maximum atomic E-state index is 12.2. The highest BCUT2D eigenvalue weighted by atomic mass is 19.4. The SMILES string of the molecule is CC1CNCCN1c1ccccc1OCC(F)(F)F. The molecule has 1 aliphatic rings. The lowest BCUT2D eigenvalue weighted by molar-refractivity contribution is -0.153. The maximum absolute atomic E-state index is 12.2. The van der Waals surface area contributed by atoms with Crippen LogP contribution >= 0.6 is 0 Å². The van der Waals surface area contributed by atoms with E-state index in [-0.39, 0.29) is 11.8 Å². The van der Waals surface area contributed by atoms with E-state index in [0.717, 1.165) is 25.3 Å². The summed E-state index contributed by atoms with van der Waals surface area (Å²) in [6.45, 7) is 3.16. The molecule has 0 amide bonds. The molecule has 0 saturated carbocycles. The standard InChI is InChI=1S/C13H17F3N2O/c1-10-8-17-6-7-18(10)11-4-2-3-5-12(11)19-9-13(14,15)16/h2-5,10,17H,6-9H2,1H3. The number of benzene rings is 1. The third-order valence-electron chi connectivity index (χ3n) is 3.07. The number of hydrogen-bond donors (Lipinski definition) is 1. The summed E-state index contributed by atoms with van der Waals surface area (Å²) in [6.07, 6.45) is -4.32. The van der Waals surface area contributed by atoms with Gasteiger partial charge in [0.25, 0.3) is 0 Å². The molecule has 1 aromatic carbocycles. The molecule has 1 saturated heterocycles. The summed E-state index contributed by atoms with van der Waals surface area (Å²) in [5.41, 5.74) is 0.723. The van der Waals surface area contributed by atoms with Crippen LogP contribution in [-0.2, 0) is 0 Å². The topological polar surface area (TPSA) is 24.5 Å². The number of alkyl halides is 3. The highest BCUT2D eigenvalue weighted by molar-refractivity contribution is 5.59. The monoisotopic (exact) mass is 274 g/mol. The summed E-state index contributed by atoms with van der Waals surface area (Å²) in [4.78, 5) is 2.07. The van der Waals surface area contributed by atoms with Gasteiger partial charge in [0.05, 0.1) is 5.69 Å². The Kier molecular flexibility index (Phi) is 4.19. The molecule has 0 radical (unpaired) electrons. The highest BCUT2D eigenvalue weighted by Gasteiger charge is 2.29. The van der Waals surface area contributed by atoms with Crippen molar-refractivity contribution in [2.75, 3.05) is 31.1 Å². The van der Waals surface area contributed by atoms with E-state index in [2.05, 4.69) is 10.2 Å². The number of ether oxygens (including phenoxy) is 1. The van der Waals surface area contributed by atoms with Gasteiger partial charge in [-0.1, -0.05) is 12.1 Å². The number of halogens is 3. The minimum atomic E-state index is -4.32. The third kappa shape index (κ3) is 3.76. The molecule has 1 aliphatic heterocycles. The van der Waals surface area contributed by atoms with Crippen LogP contribution in [-0.4, -0.2) is 38.5 Å². The van der Waals surface area contributed by atoms with Crippen LogP contribution in [0.15, 0.2) is 24.3 Å². The molecule has 0 aliphatic carbocycles. The van der Waals surface area contributed by atoms with Crippen molar-refractivity contribution >= 4 is 5.69 Å². The zero-order valence-electron chi connectivity index (χ0n) is 10.7. The van der Waals surface area contributed by atoms with Crippen LogP contribution in [0, 0.1) is 0 Å². The first-order valence-electron chi connectivity index (χ1n) is 6.23. The fraction of sp³-hybridized carbons (Fsp3) is 0.538. The molecule has 1 fully saturated rings. The minimum absolute atomic E-state index is 0.226. The van der Waals surface area contributed by atoms with E-state index in [1.807, 2.05) is 13.0 Å². The van der Waals surface area contributed by atoms with Crippen LogP contribution in [0.25, 0.3) is 0 Å². The van der Waals surface area contributed by atoms with Gasteiger partial charge in [0.2, 0.25) is 0 Å². The lowest BCUT2D eigenvalue weighted by Crippen LogP contribution is -2.50. The molecule has 1 heterocycles. The van der Waals surface area contributed by atoms with Crippen LogP contribution in [0.2, 0.25) is 0 Å². The van der Waals surface area contributed by atoms with Gasteiger partial charge in [-0.3, -0.25) is 0 Å². The number of nitrogens with zero attached hydrogens (tertiary/aromatic N) is 1. The van der Waals surface area contributed by atoms with Gasteiger partial charge in [0.1, 0.15) is 5.75 Å². The Morgan fingerprint density at radius 1 is 1.37 bits per heavy atom. The summed E-state index contributed by atoms with van der Waals surface area (Å²) < 4.78 is 41.6. The van der Waals surface area contributed by atoms with Gasteiger partial charge in [0, 0.05) is 25.7 Å². The molecule has 1 atom stereocenters. The predicted octanol–water partition coefficient (Wildman–Crippen LogP) is 2.43. The van der Waals surface area contributed by atoms with Crippen molar-refractivity contribution in [3.8, 4) is 5.75 Å². The highest BCUT2D eigenvalue weighted by Crippen LogP contribution is 2.31. The normalized spacial score (nSPS) is 20.4. The molecule has 1 aromatic rings. The first kappa shape index (κ1) is 14.0. The van der Waals surface area contributed by atoms with Gasteiger partial charge in [-0.2, -0.15) is 13.2 Å². The van der Waals surface area contributed by atoms with E-state index < -0.39 is 12.8 Å². The van der Waals surface area contributed by atoms with Crippen molar-refractivity contribution in [1.29, 1.82) is 0 Å². The van der Waals surface area contributed by atoms with Crippen LogP contribution < -0.4 is 15.0 Å². The third-order valence-corrected chi connectivity index (χ3v) is 3.07. The first-order chi connectivity index (χ1) is 8.97. The number of hydrogen-bond acceptors (Lipinski definition) is 3. The average molecular weight is 274 g/mol. The molecule has 0 spiro atoms.